The average Bonchev–Trinajstić information content (AvgIpc) is 2.91. The Bertz CT molecular complexity index is 565. The molecular weight excluding hydrogens is 252 g/mol. The molecule has 94 valence electrons. The van der Waals surface area contributed by atoms with Gasteiger partial charge in [-0.1, -0.05) is 23.5 Å². The molecular formula is C12H12N2O3S. The van der Waals surface area contributed by atoms with Gasteiger partial charge in [0.05, 0.1) is 16.3 Å². The Kier molecular flexibility index (Phi) is 2.68. The van der Waals surface area contributed by atoms with Crippen LogP contribution < -0.4 is 4.90 Å². The van der Waals surface area contributed by atoms with Crippen LogP contribution in [0.4, 0.5) is 5.13 Å². The van der Waals surface area contributed by atoms with Crippen molar-refractivity contribution in [2.45, 2.75) is 18.6 Å². The molecule has 1 aliphatic heterocycles. The molecule has 0 saturated carbocycles. The van der Waals surface area contributed by atoms with E-state index in [0.29, 0.717) is 11.7 Å². The number of fused-ring (bicyclic) bond motifs is 1. The molecule has 0 spiro atoms. The molecule has 2 aromatic rings. The first-order valence-corrected chi connectivity index (χ1v) is 6.50. The van der Waals surface area contributed by atoms with Crippen molar-refractivity contribution in [3.8, 4) is 0 Å². The largest absolute Gasteiger partial charge is 0.480 e. The summed E-state index contributed by atoms with van der Waals surface area (Å²) in [7, 11) is 0. The van der Waals surface area contributed by atoms with Gasteiger partial charge in [0.2, 0.25) is 0 Å². The van der Waals surface area contributed by atoms with E-state index in [4.69, 9.17) is 5.11 Å². The Morgan fingerprint density at radius 1 is 1.44 bits per heavy atom. The highest BCUT2D eigenvalue weighted by atomic mass is 32.1. The topological polar surface area (TPSA) is 73.7 Å². The summed E-state index contributed by atoms with van der Waals surface area (Å²) in [5, 5.41) is 19.5. The summed E-state index contributed by atoms with van der Waals surface area (Å²) < 4.78 is 1.03. The third-order valence-corrected chi connectivity index (χ3v) is 4.17. The molecule has 0 bridgehead atoms. The summed E-state index contributed by atoms with van der Waals surface area (Å²) in [4.78, 5) is 17.3. The van der Waals surface area contributed by atoms with Gasteiger partial charge in [-0.15, -0.1) is 0 Å². The minimum atomic E-state index is -0.911. The van der Waals surface area contributed by atoms with Gasteiger partial charge in [0.15, 0.2) is 5.13 Å². The normalized spacial score (nSPS) is 23.7. The van der Waals surface area contributed by atoms with Gasteiger partial charge in [-0.05, 0) is 12.1 Å². The van der Waals surface area contributed by atoms with E-state index in [1.54, 1.807) is 4.90 Å². The lowest BCUT2D eigenvalue weighted by atomic mass is 10.2. The van der Waals surface area contributed by atoms with E-state index in [9.17, 15) is 9.90 Å². The van der Waals surface area contributed by atoms with E-state index in [0.717, 1.165) is 10.2 Å². The number of anilines is 1. The zero-order chi connectivity index (χ0) is 12.7. The highest BCUT2D eigenvalue weighted by molar-refractivity contribution is 7.22. The molecule has 0 radical (unpaired) electrons. The van der Waals surface area contributed by atoms with Crippen LogP contribution in [-0.2, 0) is 4.79 Å². The predicted octanol–water partition coefficient (Wildman–Crippen LogP) is 1.32. The number of thiazole rings is 1. The summed E-state index contributed by atoms with van der Waals surface area (Å²) >= 11 is 1.46. The number of rotatable bonds is 2. The molecule has 3 rings (SSSR count). The fourth-order valence-electron chi connectivity index (χ4n) is 2.24. The van der Waals surface area contributed by atoms with E-state index in [1.165, 1.54) is 11.3 Å². The molecule has 5 nitrogen and oxygen atoms in total. The second-order valence-electron chi connectivity index (χ2n) is 4.36. The Labute approximate surface area is 107 Å². The lowest BCUT2D eigenvalue weighted by Crippen LogP contribution is -2.35. The van der Waals surface area contributed by atoms with Crippen LogP contribution in [0.2, 0.25) is 0 Å². The number of aliphatic hydroxyl groups excluding tert-OH is 1. The first kappa shape index (κ1) is 11.4. The van der Waals surface area contributed by atoms with Crippen LogP contribution in [0.1, 0.15) is 6.42 Å². The fraction of sp³-hybridized carbons (Fsp3) is 0.333. The summed E-state index contributed by atoms with van der Waals surface area (Å²) in [6, 6.07) is 7.01. The van der Waals surface area contributed by atoms with Crippen molar-refractivity contribution >= 4 is 32.7 Å². The number of aromatic nitrogens is 1. The number of carboxylic acids is 1. The first-order valence-electron chi connectivity index (χ1n) is 5.68. The zero-order valence-electron chi connectivity index (χ0n) is 9.48. The van der Waals surface area contributed by atoms with Gasteiger partial charge >= 0.3 is 5.97 Å². The number of hydrogen-bond donors (Lipinski definition) is 2. The van der Waals surface area contributed by atoms with Crippen LogP contribution in [0.15, 0.2) is 24.3 Å². The van der Waals surface area contributed by atoms with Gasteiger partial charge in [-0.2, -0.15) is 0 Å². The third kappa shape index (κ3) is 1.83. The Morgan fingerprint density at radius 2 is 2.22 bits per heavy atom. The maximum Gasteiger partial charge on any atom is 0.326 e. The monoisotopic (exact) mass is 264 g/mol. The lowest BCUT2D eigenvalue weighted by Gasteiger charge is -2.19. The predicted molar refractivity (Wildman–Crippen MR) is 69.0 cm³/mol. The number of carbonyl (C=O) groups is 1. The minimum absolute atomic E-state index is 0.255. The van der Waals surface area contributed by atoms with Crippen molar-refractivity contribution in [2.75, 3.05) is 11.4 Å². The van der Waals surface area contributed by atoms with Gasteiger partial charge < -0.3 is 15.1 Å². The summed E-state index contributed by atoms with van der Waals surface area (Å²) in [5.41, 5.74) is 0.864. The zero-order valence-corrected chi connectivity index (χ0v) is 10.3. The molecule has 2 atom stereocenters. The van der Waals surface area contributed by atoms with Crippen LogP contribution in [0.5, 0.6) is 0 Å². The number of para-hydroxylation sites is 1. The summed E-state index contributed by atoms with van der Waals surface area (Å²) in [6.45, 7) is 0.330. The Balaban J connectivity index is 2.00. The molecule has 1 aromatic carbocycles. The molecule has 2 unspecified atom stereocenters. The standard InChI is InChI=1S/C12H12N2O3S/c15-7-5-9(11(16)17)14(6-7)12-13-8-3-1-2-4-10(8)18-12/h1-4,7,9,15H,5-6H2,(H,16,17). The first-order chi connectivity index (χ1) is 8.65. The van der Waals surface area contributed by atoms with Gasteiger partial charge in [-0.25, -0.2) is 9.78 Å². The highest BCUT2D eigenvalue weighted by Gasteiger charge is 2.37. The van der Waals surface area contributed by atoms with E-state index in [1.807, 2.05) is 24.3 Å². The van der Waals surface area contributed by atoms with Crippen LogP contribution in [0.25, 0.3) is 10.2 Å². The molecule has 6 heteroatoms. The van der Waals surface area contributed by atoms with Crippen molar-refractivity contribution in [2.24, 2.45) is 0 Å². The van der Waals surface area contributed by atoms with Crippen molar-refractivity contribution < 1.29 is 15.0 Å². The molecule has 18 heavy (non-hydrogen) atoms. The second kappa shape index (κ2) is 4.22. The van der Waals surface area contributed by atoms with Crippen molar-refractivity contribution in [1.29, 1.82) is 0 Å². The minimum Gasteiger partial charge on any atom is -0.480 e. The van der Waals surface area contributed by atoms with E-state index in [-0.39, 0.29) is 6.42 Å². The number of carboxylic acid groups (broad SMARTS) is 1. The maximum atomic E-state index is 11.2. The summed E-state index contributed by atoms with van der Waals surface area (Å²) in [6.07, 6.45) is -0.344. The number of β-amino-alcohol motifs (C(OH)–C–C–N with tert-alkyl or cyclic N) is 1. The van der Waals surface area contributed by atoms with Crippen LogP contribution >= 0.6 is 11.3 Å². The lowest BCUT2D eigenvalue weighted by molar-refractivity contribution is -0.138. The third-order valence-electron chi connectivity index (χ3n) is 3.09. The number of aliphatic hydroxyl groups is 1. The highest BCUT2D eigenvalue weighted by Crippen LogP contribution is 2.33. The van der Waals surface area contributed by atoms with E-state index < -0.39 is 18.1 Å². The molecule has 1 aromatic heterocycles. The number of nitrogens with zero attached hydrogens (tertiary/aromatic N) is 2. The molecule has 2 heterocycles. The summed E-state index contributed by atoms with van der Waals surface area (Å²) in [5.74, 6) is -0.911. The fourth-order valence-corrected chi connectivity index (χ4v) is 3.27. The van der Waals surface area contributed by atoms with Gasteiger partial charge in [0.1, 0.15) is 6.04 Å². The van der Waals surface area contributed by atoms with Gasteiger partial charge in [0, 0.05) is 13.0 Å². The molecule has 1 saturated heterocycles. The molecule has 0 aliphatic carbocycles. The van der Waals surface area contributed by atoms with Crippen molar-refractivity contribution in [1.82, 2.24) is 4.98 Å². The molecule has 1 fully saturated rings. The van der Waals surface area contributed by atoms with Crippen molar-refractivity contribution in [3.63, 3.8) is 0 Å². The van der Waals surface area contributed by atoms with Gasteiger partial charge in [0.25, 0.3) is 0 Å². The van der Waals surface area contributed by atoms with Crippen molar-refractivity contribution in [3.05, 3.63) is 24.3 Å². The number of benzene rings is 1. The van der Waals surface area contributed by atoms with Crippen LogP contribution in [0.3, 0.4) is 0 Å². The number of hydrogen-bond acceptors (Lipinski definition) is 5. The average molecular weight is 264 g/mol. The van der Waals surface area contributed by atoms with E-state index >= 15 is 0 Å². The molecule has 1 aliphatic rings. The Morgan fingerprint density at radius 3 is 2.94 bits per heavy atom. The maximum absolute atomic E-state index is 11.2. The smallest absolute Gasteiger partial charge is 0.326 e. The van der Waals surface area contributed by atoms with E-state index in [2.05, 4.69) is 4.98 Å². The molecule has 0 amide bonds. The van der Waals surface area contributed by atoms with Gasteiger partial charge in [-0.3, -0.25) is 0 Å². The second-order valence-corrected chi connectivity index (χ2v) is 5.37. The molecule has 2 N–H and O–H groups in total. The SMILES string of the molecule is O=C(O)C1CC(O)CN1c1nc2ccccc2s1. The van der Waals surface area contributed by atoms with Crippen LogP contribution in [-0.4, -0.2) is 39.9 Å². The Hall–Kier alpha value is -1.66. The quantitative estimate of drug-likeness (QED) is 0.855. The van der Waals surface area contributed by atoms with Crippen LogP contribution in [0, 0.1) is 0 Å². The number of aliphatic carboxylic acids is 1.